The second-order valence-electron chi connectivity index (χ2n) is 5.58. The van der Waals surface area contributed by atoms with Crippen molar-refractivity contribution in [3.05, 3.63) is 59.0 Å². The van der Waals surface area contributed by atoms with Crippen LogP contribution < -0.4 is 0 Å². The van der Waals surface area contributed by atoms with E-state index in [9.17, 15) is 4.39 Å². The van der Waals surface area contributed by atoms with E-state index < -0.39 is 0 Å². The van der Waals surface area contributed by atoms with Crippen LogP contribution in [0.5, 0.6) is 0 Å². The van der Waals surface area contributed by atoms with Gasteiger partial charge in [-0.05, 0) is 52.0 Å². The van der Waals surface area contributed by atoms with Crippen LogP contribution in [-0.4, -0.2) is 0 Å². The van der Waals surface area contributed by atoms with E-state index in [2.05, 4.69) is 19.9 Å². The van der Waals surface area contributed by atoms with Gasteiger partial charge in [0.25, 0.3) is 0 Å². The topological polar surface area (TPSA) is 0 Å². The normalized spacial score (nSPS) is 14.3. The zero-order chi connectivity index (χ0) is 15.5. The van der Waals surface area contributed by atoms with Crippen molar-refractivity contribution >= 4 is 0 Å². The van der Waals surface area contributed by atoms with Crippen molar-refractivity contribution in [2.24, 2.45) is 5.92 Å². The van der Waals surface area contributed by atoms with Gasteiger partial charge in [-0.3, -0.25) is 0 Å². The molecule has 0 aromatic heterocycles. The number of halogens is 1. The van der Waals surface area contributed by atoms with Crippen molar-refractivity contribution < 1.29 is 4.39 Å². The molecule has 1 heteroatoms. The summed E-state index contributed by atoms with van der Waals surface area (Å²) in [5.74, 6) is 0.519. The quantitative estimate of drug-likeness (QED) is 0.454. The van der Waals surface area contributed by atoms with Gasteiger partial charge in [0, 0.05) is 5.57 Å². The van der Waals surface area contributed by atoms with Gasteiger partial charge in [0.05, 0.1) is 0 Å². The molecule has 0 saturated heterocycles. The summed E-state index contributed by atoms with van der Waals surface area (Å²) in [7, 11) is 0. The summed E-state index contributed by atoms with van der Waals surface area (Å²) in [6.07, 6.45) is 13.6. The first kappa shape index (κ1) is 18.6. The Labute approximate surface area is 124 Å². The second-order valence-corrected chi connectivity index (χ2v) is 5.58. The van der Waals surface area contributed by atoms with Gasteiger partial charge in [-0.1, -0.05) is 55.9 Å². The summed E-state index contributed by atoms with van der Waals surface area (Å²) in [6.45, 7) is 12.1. The lowest BCUT2D eigenvalue weighted by Crippen LogP contribution is -1.89. The molecule has 0 bridgehead atoms. The molecule has 0 amide bonds. The first-order chi connectivity index (χ1) is 9.42. The van der Waals surface area contributed by atoms with E-state index in [1.165, 1.54) is 6.08 Å². The Bertz CT molecular complexity index is 425. The smallest absolute Gasteiger partial charge is 0.126 e. The Hall–Kier alpha value is -1.37. The SMILES string of the molecule is C\C=C(F)/C(=C\C=C(C)C)C(/C=C\CCC(C)C)=C/C. The molecule has 0 fully saturated rings. The maximum absolute atomic E-state index is 14.0. The Morgan fingerprint density at radius 2 is 1.70 bits per heavy atom. The summed E-state index contributed by atoms with van der Waals surface area (Å²) in [5.41, 5.74) is 2.74. The van der Waals surface area contributed by atoms with Crippen LogP contribution in [0.1, 0.15) is 54.4 Å². The van der Waals surface area contributed by atoms with Crippen LogP contribution in [0, 0.1) is 5.92 Å². The molecule has 0 aromatic rings. The first-order valence-electron chi connectivity index (χ1n) is 7.42. The highest BCUT2D eigenvalue weighted by Gasteiger charge is 2.06. The van der Waals surface area contributed by atoms with Gasteiger partial charge in [0.1, 0.15) is 5.83 Å². The molecule has 20 heavy (non-hydrogen) atoms. The molecular weight excluding hydrogens is 247 g/mol. The van der Waals surface area contributed by atoms with Crippen molar-refractivity contribution in [3.8, 4) is 0 Å². The highest BCUT2D eigenvalue weighted by Crippen LogP contribution is 2.23. The monoisotopic (exact) mass is 276 g/mol. The van der Waals surface area contributed by atoms with E-state index in [4.69, 9.17) is 0 Å². The van der Waals surface area contributed by atoms with Crippen LogP contribution in [-0.2, 0) is 0 Å². The van der Waals surface area contributed by atoms with E-state index in [1.807, 2.05) is 45.1 Å². The third-order valence-corrected chi connectivity index (χ3v) is 2.92. The third kappa shape index (κ3) is 7.93. The standard InChI is InChI=1S/C19H29F/c1-7-17(12-10-9-11-15(3)4)18(19(20)8-2)14-13-16(5)6/h7-8,10,12-15H,9,11H2,1-6H3/b12-10-,17-7+,18-14-,19-8+. The predicted molar refractivity (Wildman–Crippen MR) is 89.3 cm³/mol. The van der Waals surface area contributed by atoms with Gasteiger partial charge >= 0.3 is 0 Å². The largest absolute Gasteiger partial charge is 0.207 e. The number of hydrogen-bond acceptors (Lipinski definition) is 0. The van der Waals surface area contributed by atoms with Crippen LogP contribution in [0.25, 0.3) is 0 Å². The minimum absolute atomic E-state index is 0.177. The van der Waals surface area contributed by atoms with Gasteiger partial charge in [-0.2, -0.15) is 0 Å². The molecule has 0 heterocycles. The summed E-state index contributed by atoms with van der Waals surface area (Å²) < 4.78 is 14.0. The third-order valence-electron chi connectivity index (χ3n) is 2.92. The van der Waals surface area contributed by atoms with Gasteiger partial charge in [0.15, 0.2) is 0 Å². The fourth-order valence-electron chi connectivity index (χ4n) is 1.70. The van der Waals surface area contributed by atoms with E-state index in [-0.39, 0.29) is 5.83 Å². The molecule has 112 valence electrons. The van der Waals surface area contributed by atoms with Gasteiger partial charge < -0.3 is 0 Å². The zero-order valence-electron chi connectivity index (χ0n) is 13.8. The minimum Gasteiger partial charge on any atom is -0.207 e. The van der Waals surface area contributed by atoms with Crippen LogP contribution in [0.4, 0.5) is 4.39 Å². The molecule has 0 rings (SSSR count). The molecule has 0 N–H and O–H groups in total. The maximum Gasteiger partial charge on any atom is 0.126 e. The van der Waals surface area contributed by atoms with Crippen LogP contribution in [0.2, 0.25) is 0 Å². The van der Waals surface area contributed by atoms with Crippen molar-refractivity contribution in [2.45, 2.75) is 54.4 Å². The molecule has 0 spiro atoms. The van der Waals surface area contributed by atoms with Crippen LogP contribution in [0.15, 0.2) is 59.0 Å². The van der Waals surface area contributed by atoms with E-state index in [0.717, 1.165) is 24.0 Å². The molecule has 0 atom stereocenters. The van der Waals surface area contributed by atoms with Crippen LogP contribution in [0.3, 0.4) is 0 Å². The molecule has 0 unspecified atom stereocenters. The van der Waals surface area contributed by atoms with E-state index in [0.29, 0.717) is 11.5 Å². The molecule has 0 aliphatic carbocycles. The highest BCUT2D eigenvalue weighted by molar-refractivity contribution is 5.50. The van der Waals surface area contributed by atoms with Gasteiger partial charge in [-0.15, -0.1) is 0 Å². The summed E-state index contributed by atoms with van der Waals surface area (Å²) in [4.78, 5) is 0. The molecule has 0 aromatic carbocycles. The number of rotatable bonds is 7. The zero-order valence-corrected chi connectivity index (χ0v) is 13.8. The summed E-state index contributed by atoms with van der Waals surface area (Å²) in [6, 6.07) is 0. The predicted octanol–water partition coefficient (Wildman–Crippen LogP) is 6.69. The Morgan fingerprint density at radius 3 is 2.15 bits per heavy atom. The fourth-order valence-corrected chi connectivity index (χ4v) is 1.70. The Balaban J connectivity index is 5.13. The van der Waals surface area contributed by atoms with E-state index >= 15 is 0 Å². The average molecular weight is 276 g/mol. The lowest BCUT2D eigenvalue weighted by Gasteiger charge is -2.06. The number of hydrogen-bond donors (Lipinski definition) is 0. The Kier molecular flexibility index (Phi) is 9.71. The maximum atomic E-state index is 14.0. The molecule has 0 saturated carbocycles. The number of allylic oxidation sites excluding steroid dienone is 10. The highest BCUT2D eigenvalue weighted by atomic mass is 19.1. The molecular formula is C19H29F. The lowest BCUT2D eigenvalue weighted by atomic mass is 10.0. The minimum atomic E-state index is -0.177. The fraction of sp³-hybridized carbons (Fsp3) is 0.474. The van der Waals surface area contributed by atoms with Crippen molar-refractivity contribution in [1.29, 1.82) is 0 Å². The van der Waals surface area contributed by atoms with Crippen molar-refractivity contribution in [1.82, 2.24) is 0 Å². The van der Waals surface area contributed by atoms with Gasteiger partial charge in [0.2, 0.25) is 0 Å². The lowest BCUT2D eigenvalue weighted by molar-refractivity contribution is 0.594. The Morgan fingerprint density at radius 1 is 1.05 bits per heavy atom. The summed E-state index contributed by atoms with van der Waals surface area (Å²) >= 11 is 0. The van der Waals surface area contributed by atoms with Crippen LogP contribution >= 0.6 is 0 Å². The van der Waals surface area contributed by atoms with Gasteiger partial charge in [-0.25, -0.2) is 4.39 Å². The average Bonchev–Trinajstić information content (AvgIpc) is 2.39. The molecule has 0 aliphatic rings. The summed E-state index contributed by atoms with van der Waals surface area (Å²) in [5, 5.41) is 0. The molecule has 0 nitrogen and oxygen atoms in total. The van der Waals surface area contributed by atoms with E-state index in [1.54, 1.807) is 6.92 Å². The molecule has 0 aliphatic heterocycles. The second kappa shape index (κ2) is 10.4. The van der Waals surface area contributed by atoms with Crippen molar-refractivity contribution in [2.75, 3.05) is 0 Å². The molecule has 0 radical (unpaired) electrons. The van der Waals surface area contributed by atoms with Crippen molar-refractivity contribution in [3.63, 3.8) is 0 Å². The first-order valence-corrected chi connectivity index (χ1v) is 7.42.